The lowest BCUT2D eigenvalue weighted by Crippen LogP contribution is -2.45. The number of amides is 2. The second kappa shape index (κ2) is 8.08. The van der Waals surface area contributed by atoms with Gasteiger partial charge in [0.25, 0.3) is 0 Å². The molecule has 2 amide bonds. The first-order valence-electron chi connectivity index (χ1n) is 6.57. The molecular weight excluding hydrogens is 279 g/mol. The third-order valence-corrected chi connectivity index (χ3v) is 2.85. The number of carbonyl (C=O) groups is 2. The van der Waals surface area contributed by atoms with Gasteiger partial charge in [-0.25, -0.2) is 14.0 Å². The van der Waals surface area contributed by atoms with Crippen molar-refractivity contribution in [3.63, 3.8) is 0 Å². The number of halogens is 1. The summed E-state index contributed by atoms with van der Waals surface area (Å²) in [5.41, 5.74) is 0.547. The number of nitrogens with one attached hydrogen (secondary N) is 2. The van der Waals surface area contributed by atoms with Crippen molar-refractivity contribution in [2.45, 2.75) is 32.4 Å². The molecule has 1 unspecified atom stereocenters. The van der Waals surface area contributed by atoms with Crippen molar-refractivity contribution in [2.24, 2.45) is 0 Å². The van der Waals surface area contributed by atoms with E-state index in [2.05, 4.69) is 10.6 Å². The van der Waals surface area contributed by atoms with Gasteiger partial charge >= 0.3 is 12.0 Å². The molecule has 0 radical (unpaired) electrons. The van der Waals surface area contributed by atoms with E-state index in [0.29, 0.717) is 18.4 Å². The first-order valence-corrected chi connectivity index (χ1v) is 6.57. The number of methoxy groups -OCH3 is 1. The zero-order chi connectivity index (χ0) is 15.8. The maximum Gasteiger partial charge on any atom is 0.326 e. The number of carboxylic acid groups (broad SMARTS) is 1. The minimum absolute atomic E-state index is 0.0885. The fraction of sp³-hybridized carbons (Fsp3) is 0.429. The van der Waals surface area contributed by atoms with E-state index in [0.717, 1.165) is 0 Å². The van der Waals surface area contributed by atoms with E-state index in [1.807, 2.05) is 6.92 Å². The lowest BCUT2D eigenvalue weighted by molar-refractivity contribution is -0.139. The molecule has 0 saturated heterocycles. The summed E-state index contributed by atoms with van der Waals surface area (Å²) in [6, 6.07) is 2.79. The second-order valence-electron chi connectivity index (χ2n) is 4.48. The highest BCUT2D eigenvalue weighted by atomic mass is 19.1. The van der Waals surface area contributed by atoms with Crippen LogP contribution in [0.15, 0.2) is 18.2 Å². The van der Waals surface area contributed by atoms with Crippen LogP contribution in [0.2, 0.25) is 0 Å². The van der Waals surface area contributed by atoms with Gasteiger partial charge in [0.1, 0.15) is 6.04 Å². The molecule has 0 saturated carbocycles. The Labute approximate surface area is 122 Å². The van der Waals surface area contributed by atoms with Crippen LogP contribution in [-0.2, 0) is 11.3 Å². The van der Waals surface area contributed by atoms with Gasteiger partial charge in [-0.2, -0.15) is 0 Å². The van der Waals surface area contributed by atoms with E-state index >= 15 is 0 Å². The average molecular weight is 298 g/mol. The molecule has 0 fully saturated rings. The summed E-state index contributed by atoms with van der Waals surface area (Å²) in [4.78, 5) is 22.5. The number of aliphatic carboxylic acids is 1. The SMILES string of the molecule is CCCC(NC(=O)NCc1ccc(OC)c(F)c1)C(=O)O. The predicted molar refractivity (Wildman–Crippen MR) is 74.7 cm³/mol. The third-order valence-electron chi connectivity index (χ3n) is 2.85. The number of urea groups is 1. The zero-order valence-corrected chi connectivity index (χ0v) is 12.0. The number of ether oxygens (including phenoxy) is 1. The van der Waals surface area contributed by atoms with E-state index in [1.165, 1.54) is 19.2 Å². The molecule has 0 aliphatic carbocycles. The molecule has 0 aromatic heterocycles. The Morgan fingerprint density at radius 3 is 2.67 bits per heavy atom. The quantitative estimate of drug-likeness (QED) is 0.717. The molecule has 3 N–H and O–H groups in total. The van der Waals surface area contributed by atoms with E-state index in [1.54, 1.807) is 6.07 Å². The monoisotopic (exact) mass is 298 g/mol. The lowest BCUT2D eigenvalue weighted by atomic mass is 10.2. The van der Waals surface area contributed by atoms with Gasteiger partial charge in [0, 0.05) is 6.54 Å². The van der Waals surface area contributed by atoms with Crippen LogP contribution in [0, 0.1) is 5.82 Å². The van der Waals surface area contributed by atoms with Crippen LogP contribution >= 0.6 is 0 Å². The number of hydrogen-bond acceptors (Lipinski definition) is 3. The number of rotatable bonds is 7. The minimum atomic E-state index is -1.08. The topological polar surface area (TPSA) is 87.7 Å². The van der Waals surface area contributed by atoms with Crippen molar-refractivity contribution in [2.75, 3.05) is 7.11 Å². The van der Waals surface area contributed by atoms with Gasteiger partial charge in [0.05, 0.1) is 7.11 Å². The predicted octanol–water partition coefficient (Wildman–Crippen LogP) is 1.89. The molecule has 0 spiro atoms. The van der Waals surface area contributed by atoms with Crippen LogP contribution in [0.4, 0.5) is 9.18 Å². The van der Waals surface area contributed by atoms with Gasteiger partial charge < -0.3 is 20.5 Å². The summed E-state index contributed by atoms with van der Waals surface area (Å²) in [6.07, 6.45) is 0.987. The van der Waals surface area contributed by atoms with Gasteiger partial charge in [-0.05, 0) is 24.1 Å². The normalized spacial score (nSPS) is 11.6. The van der Waals surface area contributed by atoms with E-state index in [4.69, 9.17) is 9.84 Å². The van der Waals surface area contributed by atoms with Gasteiger partial charge in [0.15, 0.2) is 11.6 Å². The summed E-state index contributed by atoms with van der Waals surface area (Å²) in [7, 11) is 1.36. The number of hydrogen-bond donors (Lipinski definition) is 3. The first kappa shape index (κ1) is 16.7. The smallest absolute Gasteiger partial charge is 0.326 e. The highest BCUT2D eigenvalue weighted by Crippen LogP contribution is 2.17. The van der Waals surface area contributed by atoms with Crippen LogP contribution in [0.3, 0.4) is 0 Å². The molecule has 0 heterocycles. The molecule has 0 bridgehead atoms. The van der Waals surface area contributed by atoms with Gasteiger partial charge in [0.2, 0.25) is 0 Å². The Bertz CT molecular complexity index is 508. The van der Waals surface area contributed by atoms with Crippen molar-refractivity contribution in [3.05, 3.63) is 29.6 Å². The first-order chi connectivity index (χ1) is 9.97. The Morgan fingerprint density at radius 2 is 2.14 bits per heavy atom. The molecule has 1 rings (SSSR count). The molecule has 7 heteroatoms. The number of carboxylic acids is 1. The molecular formula is C14H19FN2O4. The highest BCUT2D eigenvalue weighted by molar-refractivity contribution is 5.82. The van der Waals surface area contributed by atoms with E-state index in [9.17, 15) is 14.0 Å². The lowest BCUT2D eigenvalue weighted by Gasteiger charge is -2.14. The highest BCUT2D eigenvalue weighted by Gasteiger charge is 2.18. The van der Waals surface area contributed by atoms with E-state index < -0.39 is 23.9 Å². The molecule has 1 aromatic carbocycles. The fourth-order valence-electron chi connectivity index (χ4n) is 1.76. The molecule has 0 aliphatic rings. The summed E-state index contributed by atoms with van der Waals surface area (Å²) in [5, 5.41) is 13.8. The van der Waals surface area contributed by atoms with Crippen molar-refractivity contribution in [3.8, 4) is 5.75 Å². The van der Waals surface area contributed by atoms with Crippen molar-refractivity contribution >= 4 is 12.0 Å². The van der Waals surface area contributed by atoms with E-state index in [-0.39, 0.29) is 12.3 Å². The van der Waals surface area contributed by atoms with Crippen molar-refractivity contribution in [1.82, 2.24) is 10.6 Å². The molecule has 0 aliphatic heterocycles. The Hall–Kier alpha value is -2.31. The molecule has 6 nitrogen and oxygen atoms in total. The second-order valence-corrected chi connectivity index (χ2v) is 4.48. The molecule has 21 heavy (non-hydrogen) atoms. The molecule has 116 valence electrons. The van der Waals surface area contributed by atoms with Crippen molar-refractivity contribution in [1.29, 1.82) is 0 Å². The number of benzene rings is 1. The van der Waals surface area contributed by atoms with Crippen LogP contribution < -0.4 is 15.4 Å². The van der Waals surface area contributed by atoms with Gasteiger partial charge in [-0.15, -0.1) is 0 Å². The maximum atomic E-state index is 13.5. The Morgan fingerprint density at radius 1 is 1.43 bits per heavy atom. The number of carbonyl (C=O) groups excluding carboxylic acids is 1. The van der Waals surface area contributed by atoms with Gasteiger partial charge in [-0.1, -0.05) is 19.4 Å². The van der Waals surface area contributed by atoms with Crippen LogP contribution in [-0.4, -0.2) is 30.3 Å². The van der Waals surface area contributed by atoms with Crippen LogP contribution in [0.5, 0.6) is 5.75 Å². The fourth-order valence-corrected chi connectivity index (χ4v) is 1.76. The zero-order valence-electron chi connectivity index (χ0n) is 12.0. The standard InChI is InChI=1S/C14H19FN2O4/c1-3-4-11(13(18)19)17-14(20)16-8-9-5-6-12(21-2)10(15)7-9/h5-7,11H,3-4,8H2,1-2H3,(H,18,19)(H2,16,17,20). The summed E-state index contributed by atoms with van der Waals surface area (Å²) in [5.74, 6) is -1.48. The van der Waals surface area contributed by atoms with Gasteiger partial charge in [-0.3, -0.25) is 0 Å². The summed E-state index contributed by atoms with van der Waals surface area (Å²) < 4.78 is 18.3. The summed E-state index contributed by atoms with van der Waals surface area (Å²) >= 11 is 0. The average Bonchev–Trinajstić information content (AvgIpc) is 2.44. The summed E-state index contributed by atoms with van der Waals surface area (Å²) in [6.45, 7) is 1.92. The van der Waals surface area contributed by atoms with Crippen molar-refractivity contribution < 1.29 is 23.8 Å². The molecule has 1 aromatic rings. The maximum absolute atomic E-state index is 13.5. The largest absolute Gasteiger partial charge is 0.494 e. The van der Waals surface area contributed by atoms with Crippen LogP contribution in [0.25, 0.3) is 0 Å². The third kappa shape index (κ3) is 5.29. The molecule has 1 atom stereocenters. The van der Waals surface area contributed by atoms with Crippen LogP contribution in [0.1, 0.15) is 25.3 Å². The Balaban J connectivity index is 2.52. The minimum Gasteiger partial charge on any atom is -0.494 e. The Kier molecular flexibility index (Phi) is 6.45.